The molecule has 0 N–H and O–H groups in total. The number of nitrogens with zero attached hydrogens (tertiary/aromatic N) is 1. The smallest absolute Gasteiger partial charge is 0.0705 e. The van der Waals surface area contributed by atoms with Crippen LogP contribution < -0.4 is 0 Å². The van der Waals surface area contributed by atoms with Crippen LogP contribution >= 0.6 is 27.3 Å². The van der Waals surface area contributed by atoms with Crippen molar-refractivity contribution in [1.82, 2.24) is 4.90 Å². The molecule has 3 heteroatoms. The van der Waals surface area contributed by atoms with Crippen molar-refractivity contribution in [3.8, 4) is 0 Å². The summed E-state index contributed by atoms with van der Waals surface area (Å²) in [6, 6.07) is 4.21. The fourth-order valence-corrected chi connectivity index (χ4v) is 3.29. The maximum absolute atomic E-state index is 4.19. The summed E-state index contributed by atoms with van der Waals surface area (Å²) in [6.07, 6.45) is 3.92. The third-order valence-electron chi connectivity index (χ3n) is 2.95. The Labute approximate surface area is 118 Å². The van der Waals surface area contributed by atoms with Crippen LogP contribution in [0.25, 0.3) is 5.70 Å². The van der Waals surface area contributed by atoms with Gasteiger partial charge in [0.15, 0.2) is 0 Å². The van der Waals surface area contributed by atoms with Crippen molar-refractivity contribution in [2.75, 3.05) is 13.6 Å². The van der Waals surface area contributed by atoms with Crippen LogP contribution in [-0.4, -0.2) is 18.5 Å². The summed E-state index contributed by atoms with van der Waals surface area (Å²) >= 11 is 5.24. The fourth-order valence-electron chi connectivity index (χ4n) is 1.88. The van der Waals surface area contributed by atoms with Gasteiger partial charge in [-0.15, -0.1) is 11.3 Å². The lowest BCUT2D eigenvalue weighted by Gasteiger charge is -2.24. The molecule has 0 aromatic carbocycles. The molecule has 1 aromatic heterocycles. The molecule has 0 radical (unpaired) electrons. The minimum Gasteiger partial charge on any atom is -0.374 e. The number of hydrogen-bond donors (Lipinski definition) is 0. The second kappa shape index (κ2) is 7.22. The fraction of sp³-hybridized carbons (Fsp3) is 0.571. The van der Waals surface area contributed by atoms with Crippen LogP contribution in [0.15, 0.2) is 22.5 Å². The van der Waals surface area contributed by atoms with E-state index < -0.39 is 0 Å². The van der Waals surface area contributed by atoms with Gasteiger partial charge in [-0.25, -0.2) is 0 Å². The zero-order valence-electron chi connectivity index (χ0n) is 11.0. The molecular formula is C14H22BrNS. The van der Waals surface area contributed by atoms with Gasteiger partial charge in [0.05, 0.1) is 8.66 Å². The summed E-state index contributed by atoms with van der Waals surface area (Å²) in [5.74, 6) is 0.736. The predicted octanol–water partition coefficient (Wildman–Crippen LogP) is 5.24. The number of hydrogen-bond acceptors (Lipinski definition) is 2. The molecule has 0 amide bonds. The Morgan fingerprint density at radius 1 is 1.53 bits per heavy atom. The minimum absolute atomic E-state index is 0.736. The Hall–Kier alpha value is -0.280. The molecule has 0 aliphatic heterocycles. The molecule has 0 spiro atoms. The summed E-state index contributed by atoms with van der Waals surface area (Å²) in [5, 5.41) is 0. The number of thiophene rings is 1. The molecule has 1 rings (SSSR count). The highest BCUT2D eigenvalue weighted by molar-refractivity contribution is 9.11. The van der Waals surface area contributed by atoms with Crippen LogP contribution in [0.5, 0.6) is 0 Å². The van der Waals surface area contributed by atoms with Crippen molar-refractivity contribution in [3.05, 3.63) is 27.4 Å². The molecule has 0 bridgehead atoms. The monoisotopic (exact) mass is 315 g/mol. The van der Waals surface area contributed by atoms with Gasteiger partial charge in [0.1, 0.15) is 0 Å². The van der Waals surface area contributed by atoms with Crippen molar-refractivity contribution in [1.29, 1.82) is 0 Å². The first-order valence-electron chi connectivity index (χ1n) is 6.20. The van der Waals surface area contributed by atoms with Gasteiger partial charge in [-0.2, -0.15) is 0 Å². The summed E-state index contributed by atoms with van der Waals surface area (Å²) < 4.78 is 1.17. The first kappa shape index (κ1) is 14.8. The molecule has 1 aromatic rings. The van der Waals surface area contributed by atoms with Gasteiger partial charge in [-0.05, 0) is 40.4 Å². The Balaban J connectivity index is 2.47. The predicted molar refractivity (Wildman–Crippen MR) is 82.4 cm³/mol. The zero-order chi connectivity index (χ0) is 12.8. The Morgan fingerprint density at radius 3 is 2.76 bits per heavy atom. The van der Waals surface area contributed by atoms with Crippen molar-refractivity contribution >= 4 is 33.0 Å². The highest BCUT2D eigenvalue weighted by Crippen LogP contribution is 2.29. The topological polar surface area (TPSA) is 3.24 Å². The first-order valence-corrected chi connectivity index (χ1v) is 7.81. The number of halogens is 1. The van der Waals surface area contributed by atoms with E-state index in [1.807, 2.05) is 0 Å². The van der Waals surface area contributed by atoms with Gasteiger partial charge < -0.3 is 4.90 Å². The van der Waals surface area contributed by atoms with E-state index in [0.29, 0.717) is 0 Å². The Bertz CT molecular complexity index is 359. The highest BCUT2D eigenvalue weighted by Gasteiger charge is 2.10. The highest BCUT2D eigenvalue weighted by atomic mass is 79.9. The van der Waals surface area contributed by atoms with E-state index >= 15 is 0 Å². The summed E-state index contributed by atoms with van der Waals surface area (Å²) in [6.45, 7) is 9.85. The summed E-state index contributed by atoms with van der Waals surface area (Å²) in [5.41, 5.74) is 1.13. The van der Waals surface area contributed by atoms with Gasteiger partial charge in [0, 0.05) is 19.3 Å². The maximum Gasteiger partial charge on any atom is 0.0705 e. The molecule has 1 nitrogen and oxygen atoms in total. The van der Waals surface area contributed by atoms with Crippen molar-refractivity contribution in [2.45, 2.75) is 33.1 Å². The van der Waals surface area contributed by atoms with Crippen molar-refractivity contribution in [2.24, 2.45) is 5.92 Å². The largest absolute Gasteiger partial charge is 0.374 e. The number of unbranched alkanes of at least 4 members (excludes halogenated alkanes) is 1. The van der Waals surface area contributed by atoms with Gasteiger partial charge in [-0.1, -0.05) is 33.3 Å². The van der Waals surface area contributed by atoms with Crippen LogP contribution in [0.2, 0.25) is 0 Å². The van der Waals surface area contributed by atoms with E-state index in [-0.39, 0.29) is 0 Å². The molecule has 0 aliphatic rings. The van der Waals surface area contributed by atoms with E-state index in [4.69, 9.17) is 0 Å². The van der Waals surface area contributed by atoms with Crippen LogP contribution in [0.1, 0.15) is 38.0 Å². The minimum atomic E-state index is 0.736. The molecule has 0 saturated carbocycles. The SMILES string of the molecule is C=C(c1ccc(Br)s1)N(C)CC(C)CCCC. The molecule has 17 heavy (non-hydrogen) atoms. The third kappa shape index (κ3) is 4.84. The average Bonchev–Trinajstić information content (AvgIpc) is 2.72. The van der Waals surface area contributed by atoms with Crippen LogP contribution in [0.3, 0.4) is 0 Å². The zero-order valence-corrected chi connectivity index (χ0v) is 13.4. The lowest BCUT2D eigenvalue weighted by molar-refractivity contribution is 0.366. The van der Waals surface area contributed by atoms with Gasteiger partial charge >= 0.3 is 0 Å². The lowest BCUT2D eigenvalue weighted by atomic mass is 10.0. The first-order chi connectivity index (χ1) is 8.04. The summed E-state index contributed by atoms with van der Waals surface area (Å²) in [7, 11) is 2.14. The Kier molecular flexibility index (Phi) is 6.28. The summed E-state index contributed by atoms with van der Waals surface area (Å²) in [4.78, 5) is 3.53. The van der Waals surface area contributed by atoms with Gasteiger partial charge in [0.2, 0.25) is 0 Å². The molecule has 96 valence electrons. The quantitative estimate of drug-likeness (QED) is 0.665. The molecule has 1 atom stereocenters. The van der Waals surface area contributed by atoms with Crippen LogP contribution in [0, 0.1) is 5.92 Å². The molecule has 1 unspecified atom stereocenters. The number of rotatable bonds is 7. The third-order valence-corrected chi connectivity index (χ3v) is 4.63. The Morgan fingerprint density at radius 2 is 2.24 bits per heavy atom. The molecule has 1 heterocycles. The van der Waals surface area contributed by atoms with E-state index in [9.17, 15) is 0 Å². The second-order valence-electron chi connectivity index (χ2n) is 4.68. The van der Waals surface area contributed by atoms with E-state index in [0.717, 1.165) is 18.2 Å². The standard InChI is InChI=1S/C14H22BrNS/c1-5-6-7-11(2)10-16(4)12(3)13-8-9-14(15)17-13/h8-9,11H,3,5-7,10H2,1-2,4H3. The molecule has 0 aliphatic carbocycles. The van der Waals surface area contributed by atoms with Crippen LogP contribution in [-0.2, 0) is 0 Å². The van der Waals surface area contributed by atoms with E-state index in [2.05, 4.69) is 60.4 Å². The molecule has 0 saturated heterocycles. The normalized spacial score (nSPS) is 12.5. The van der Waals surface area contributed by atoms with Gasteiger partial charge in [0.25, 0.3) is 0 Å². The molecule has 0 fully saturated rings. The van der Waals surface area contributed by atoms with E-state index in [1.165, 1.54) is 27.9 Å². The van der Waals surface area contributed by atoms with Crippen LogP contribution in [0.4, 0.5) is 0 Å². The van der Waals surface area contributed by atoms with Crippen molar-refractivity contribution in [3.63, 3.8) is 0 Å². The molecular weight excluding hydrogens is 294 g/mol. The van der Waals surface area contributed by atoms with E-state index in [1.54, 1.807) is 11.3 Å². The average molecular weight is 316 g/mol. The maximum atomic E-state index is 4.19. The van der Waals surface area contributed by atoms with Crippen molar-refractivity contribution < 1.29 is 0 Å². The van der Waals surface area contributed by atoms with Gasteiger partial charge in [-0.3, -0.25) is 0 Å². The lowest BCUT2D eigenvalue weighted by Crippen LogP contribution is -2.22. The second-order valence-corrected chi connectivity index (χ2v) is 7.14.